The second-order valence-electron chi connectivity index (χ2n) is 3.38. The molecule has 0 aliphatic rings. The van der Waals surface area contributed by atoms with Crippen LogP contribution in [0.25, 0.3) is 10.4 Å². The van der Waals surface area contributed by atoms with E-state index in [0.717, 1.165) is 12.8 Å². The molecular weight excluding hydrogens is 194 g/mol. The van der Waals surface area contributed by atoms with E-state index < -0.39 is 5.97 Å². The van der Waals surface area contributed by atoms with Crippen LogP contribution in [0.15, 0.2) is 5.11 Å². The fourth-order valence-corrected chi connectivity index (χ4v) is 1.20. The van der Waals surface area contributed by atoms with E-state index in [9.17, 15) is 4.79 Å². The van der Waals surface area contributed by atoms with Crippen molar-refractivity contribution in [1.82, 2.24) is 0 Å². The van der Waals surface area contributed by atoms with Gasteiger partial charge < -0.3 is 4.74 Å². The Morgan fingerprint density at radius 2 is 1.93 bits per heavy atom. The molecule has 0 amide bonds. The molecule has 0 saturated heterocycles. The number of carbonyl (C=O) groups is 1. The summed E-state index contributed by atoms with van der Waals surface area (Å²) in [6, 6.07) is 0. The number of hydrogen-bond acceptors (Lipinski definition) is 3. The Balaban J connectivity index is 3.16. The molecule has 0 atom stereocenters. The van der Waals surface area contributed by atoms with E-state index in [0.29, 0.717) is 6.61 Å². The van der Waals surface area contributed by atoms with Crippen molar-refractivity contribution < 1.29 is 9.53 Å². The maximum atomic E-state index is 10.9. The zero-order valence-electron chi connectivity index (χ0n) is 9.31. The van der Waals surface area contributed by atoms with Crippen LogP contribution >= 0.6 is 0 Å². The van der Waals surface area contributed by atoms with Gasteiger partial charge in [0, 0.05) is 4.91 Å². The fourth-order valence-electron chi connectivity index (χ4n) is 1.20. The number of nitrogens with zero attached hydrogens (tertiary/aromatic N) is 3. The van der Waals surface area contributed by atoms with E-state index in [1.165, 1.54) is 25.7 Å². The molecule has 0 rings (SSSR count). The number of rotatable bonds is 9. The van der Waals surface area contributed by atoms with E-state index in [1.54, 1.807) is 0 Å². The van der Waals surface area contributed by atoms with Gasteiger partial charge in [0.25, 0.3) is 0 Å². The molecule has 0 unspecified atom stereocenters. The molecule has 0 aliphatic carbocycles. The van der Waals surface area contributed by atoms with Crippen molar-refractivity contribution in [3.63, 3.8) is 0 Å². The topological polar surface area (TPSA) is 75.1 Å². The Bertz CT molecular complexity index is 213. The average Bonchev–Trinajstić information content (AvgIpc) is 2.25. The van der Waals surface area contributed by atoms with Crippen LogP contribution in [0.1, 0.15) is 45.4 Å². The van der Waals surface area contributed by atoms with Crippen LogP contribution in [0.3, 0.4) is 0 Å². The summed E-state index contributed by atoms with van der Waals surface area (Å²) in [7, 11) is 0. The quantitative estimate of drug-likeness (QED) is 0.194. The highest BCUT2D eigenvalue weighted by Crippen LogP contribution is 2.04. The number of esters is 1. The van der Waals surface area contributed by atoms with Crippen LogP contribution in [0.5, 0.6) is 0 Å². The predicted molar refractivity (Wildman–Crippen MR) is 58.3 cm³/mol. The minimum absolute atomic E-state index is 0.202. The number of hydrogen-bond donors (Lipinski definition) is 0. The Labute approximate surface area is 90.4 Å². The predicted octanol–water partition coefficient (Wildman–Crippen LogP) is 3.20. The second-order valence-corrected chi connectivity index (χ2v) is 3.38. The van der Waals surface area contributed by atoms with Gasteiger partial charge in [0.2, 0.25) is 0 Å². The SMILES string of the molecule is CCCCCCCCOC(=O)CN=[N+]=[N-]. The Hall–Kier alpha value is -1.22. The fraction of sp³-hybridized carbons (Fsp3) is 0.900. The largest absolute Gasteiger partial charge is 0.466 e. The molecule has 5 heteroatoms. The highest BCUT2D eigenvalue weighted by molar-refractivity contribution is 5.71. The molecule has 0 N–H and O–H groups in total. The van der Waals surface area contributed by atoms with Gasteiger partial charge in [-0.3, -0.25) is 4.79 Å². The van der Waals surface area contributed by atoms with Crippen molar-refractivity contribution in [3.8, 4) is 0 Å². The summed E-state index contributed by atoms with van der Waals surface area (Å²) in [6.07, 6.45) is 6.95. The van der Waals surface area contributed by atoms with Gasteiger partial charge in [-0.25, -0.2) is 0 Å². The van der Waals surface area contributed by atoms with E-state index in [2.05, 4.69) is 16.9 Å². The summed E-state index contributed by atoms with van der Waals surface area (Å²) >= 11 is 0. The van der Waals surface area contributed by atoms with Gasteiger partial charge in [-0.2, -0.15) is 0 Å². The average molecular weight is 213 g/mol. The number of azide groups is 1. The molecule has 0 spiro atoms. The minimum Gasteiger partial charge on any atom is -0.466 e. The standard InChI is InChI=1S/C10H19N3O2/c1-2-3-4-5-6-7-8-15-10(14)9-12-13-11/h2-9H2,1H3. The van der Waals surface area contributed by atoms with Crippen LogP contribution in [0, 0.1) is 0 Å². The lowest BCUT2D eigenvalue weighted by molar-refractivity contribution is -0.141. The van der Waals surface area contributed by atoms with E-state index in [4.69, 9.17) is 10.3 Å². The van der Waals surface area contributed by atoms with Gasteiger partial charge in [0.15, 0.2) is 0 Å². The Kier molecular flexibility index (Phi) is 9.98. The minimum atomic E-state index is -0.443. The first-order valence-electron chi connectivity index (χ1n) is 5.47. The number of ether oxygens (including phenoxy) is 1. The molecule has 0 aromatic heterocycles. The first kappa shape index (κ1) is 13.8. The first-order chi connectivity index (χ1) is 7.31. The zero-order chi connectivity index (χ0) is 11.4. The molecule has 0 bridgehead atoms. The third-order valence-corrected chi connectivity index (χ3v) is 2.02. The van der Waals surface area contributed by atoms with Crippen LogP contribution in [-0.4, -0.2) is 19.1 Å². The van der Waals surface area contributed by atoms with Crippen molar-refractivity contribution in [2.24, 2.45) is 5.11 Å². The van der Waals surface area contributed by atoms with Crippen LogP contribution in [0.2, 0.25) is 0 Å². The van der Waals surface area contributed by atoms with E-state index in [1.807, 2.05) is 0 Å². The van der Waals surface area contributed by atoms with Gasteiger partial charge in [-0.05, 0) is 12.0 Å². The van der Waals surface area contributed by atoms with Crippen LogP contribution in [0.4, 0.5) is 0 Å². The molecular formula is C10H19N3O2. The molecule has 0 radical (unpaired) electrons. The molecule has 0 aromatic rings. The number of carbonyl (C=O) groups excluding carboxylic acids is 1. The van der Waals surface area contributed by atoms with Gasteiger partial charge in [-0.15, -0.1) is 0 Å². The third-order valence-electron chi connectivity index (χ3n) is 2.02. The summed E-state index contributed by atoms with van der Waals surface area (Å²) in [4.78, 5) is 13.3. The lowest BCUT2D eigenvalue weighted by Gasteiger charge is -2.02. The highest BCUT2D eigenvalue weighted by atomic mass is 16.5. The highest BCUT2D eigenvalue weighted by Gasteiger charge is 1.99. The maximum Gasteiger partial charge on any atom is 0.311 e. The molecule has 15 heavy (non-hydrogen) atoms. The summed E-state index contributed by atoms with van der Waals surface area (Å²) in [5.41, 5.74) is 7.96. The first-order valence-corrected chi connectivity index (χ1v) is 5.47. The normalized spacial score (nSPS) is 9.40. The van der Waals surface area contributed by atoms with Crippen molar-refractivity contribution in [1.29, 1.82) is 0 Å². The maximum absolute atomic E-state index is 10.9. The van der Waals surface area contributed by atoms with Crippen LogP contribution in [-0.2, 0) is 9.53 Å². The molecule has 5 nitrogen and oxygen atoms in total. The smallest absolute Gasteiger partial charge is 0.311 e. The molecule has 0 aliphatic heterocycles. The van der Waals surface area contributed by atoms with Gasteiger partial charge >= 0.3 is 5.97 Å². The Morgan fingerprint density at radius 1 is 1.27 bits per heavy atom. The second kappa shape index (κ2) is 10.9. The summed E-state index contributed by atoms with van der Waals surface area (Å²) in [5.74, 6) is -0.443. The van der Waals surface area contributed by atoms with Gasteiger partial charge in [0.05, 0.1) is 6.61 Å². The van der Waals surface area contributed by atoms with E-state index >= 15 is 0 Å². The zero-order valence-corrected chi connectivity index (χ0v) is 9.31. The van der Waals surface area contributed by atoms with Crippen molar-refractivity contribution in [3.05, 3.63) is 10.4 Å². The van der Waals surface area contributed by atoms with E-state index in [-0.39, 0.29) is 6.54 Å². The molecule has 0 fully saturated rings. The lowest BCUT2D eigenvalue weighted by atomic mass is 10.1. The lowest BCUT2D eigenvalue weighted by Crippen LogP contribution is -2.08. The van der Waals surface area contributed by atoms with Crippen LogP contribution < -0.4 is 0 Å². The molecule has 0 aromatic carbocycles. The molecule has 0 heterocycles. The molecule has 86 valence electrons. The third kappa shape index (κ3) is 10.7. The number of unbranched alkanes of at least 4 members (excludes halogenated alkanes) is 5. The van der Waals surface area contributed by atoms with Crippen molar-refractivity contribution >= 4 is 5.97 Å². The summed E-state index contributed by atoms with van der Waals surface area (Å²) in [5, 5.41) is 3.12. The molecule has 0 saturated carbocycles. The Morgan fingerprint density at radius 3 is 2.60 bits per heavy atom. The van der Waals surface area contributed by atoms with Crippen molar-refractivity contribution in [2.75, 3.05) is 13.2 Å². The van der Waals surface area contributed by atoms with Gasteiger partial charge in [-0.1, -0.05) is 44.1 Å². The summed E-state index contributed by atoms with van der Waals surface area (Å²) in [6.45, 7) is 2.41. The van der Waals surface area contributed by atoms with Gasteiger partial charge in [0.1, 0.15) is 6.54 Å². The summed E-state index contributed by atoms with van der Waals surface area (Å²) < 4.78 is 4.85. The monoisotopic (exact) mass is 213 g/mol. The van der Waals surface area contributed by atoms with Crippen molar-refractivity contribution in [2.45, 2.75) is 45.4 Å².